The molecule has 0 aliphatic carbocycles. The maximum atomic E-state index is 13.5. The van der Waals surface area contributed by atoms with E-state index < -0.39 is 11.9 Å². The molecule has 0 bridgehead atoms. The molecule has 33 heavy (non-hydrogen) atoms. The second-order valence-electron chi connectivity index (χ2n) is 7.60. The Bertz CT molecular complexity index is 1310. The van der Waals surface area contributed by atoms with Gasteiger partial charge < -0.3 is 14.2 Å². The second kappa shape index (κ2) is 8.27. The number of ether oxygens (including phenoxy) is 3. The van der Waals surface area contributed by atoms with Crippen LogP contribution < -0.4 is 9.47 Å². The van der Waals surface area contributed by atoms with E-state index in [0.717, 1.165) is 11.1 Å². The van der Waals surface area contributed by atoms with E-state index in [9.17, 15) is 14.4 Å². The zero-order valence-corrected chi connectivity index (χ0v) is 17.7. The summed E-state index contributed by atoms with van der Waals surface area (Å²) >= 11 is 0. The first-order valence-electron chi connectivity index (χ1n) is 10.3. The molecule has 2 amide bonds. The first-order chi connectivity index (χ1) is 16.0. The highest BCUT2D eigenvalue weighted by molar-refractivity contribution is 6.33. The minimum Gasteiger partial charge on any atom is -0.465 e. The third-order valence-corrected chi connectivity index (χ3v) is 5.59. The molecular weight excluding hydrogens is 422 g/mol. The summed E-state index contributed by atoms with van der Waals surface area (Å²) in [4.78, 5) is 39.6. The topological polar surface area (TPSA) is 82.1 Å². The predicted molar refractivity (Wildman–Crippen MR) is 120 cm³/mol. The first-order valence-corrected chi connectivity index (χ1v) is 10.3. The molecule has 0 N–H and O–H groups in total. The molecule has 2 aliphatic heterocycles. The zero-order valence-electron chi connectivity index (χ0n) is 17.7. The van der Waals surface area contributed by atoms with Crippen molar-refractivity contribution >= 4 is 29.4 Å². The highest BCUT2D eigenvalue weighted by atomic mass is 16.7. The van der Waals surface area contributed by atoms with E-state index in [1.807, 2.05) is 6.07 Å². The number of imide groups is 1. The Morgan fingerprint density at radius 1 is 0.939 bits per heavy atom. The summed E-state index contributed by atoms with van der Waals surface area (Å²) < 4.78 is 15.5. The fraction of sp³-hybridized carbons (Fsp3) is 0.115. The van der Waals surface area contributed by atoms with Crippen LogP contribution >= 0.6 is 0 Å². The number of benzene rings is 3. The minimum atomic E-state index is -0.436. The van der Waals surface area contributed by atoms with Crippen LogP contribution in [0.2, 0.25) is 0 Å². The van der Waals surface area contributed by atoms with Crippen LogP contribution in [0.3, 0.4) is 0 Å². The summed E-state index contributed by atoms with van der Waals surface area (Å²) in [5, 5.41) is 0. The number of fused-ring (bicyclic) bond motifs is 2. The summed E-state index contributed by atoms with van der Waals surface area (Å²) in [5.41, 5.74) is 3.31. The van der Waals surface area contributed by atoms with Gasteiger partial charge >= 0.3 is 5.97 Å². The number of carbonyl (C=O) groups excluding carboxylic acids is 3. The third-order valence-electron chi connectivity index (χ3n) is 5.59. The SMILES string of the molecule is COC(=O)c1ccc(C=C2C(=O)N(Cc3ccc4c(c3)OCO4)C(=O)c3ccccc32)cc1. The van der Waals surface area contributed by atoms with Gasteiger partial charge in [-0.2, -0.15) is 0 Å². The molecule has 2 heterocycles. The van der Waals surface area contributed by atoms with Crippen LogP contribution in [0.1, 0.15) is 37.4 Å². The van der Waals surface area contributed by atoms with Crippen LogP contribution in [0.5, 0.6) is 11.5 Å². The molecule has 0 spiro atoms. The van der Waals surface area contributed by atoms with Gasteiger partial charge in [0.1, 0.15) is 0 Å². The summed E-state index contributed by atoms with van der Waals surface area (Å²) in [5.74, 6) is 0.0382. The van der Waals surface area contributed by atoms with Gasteiger partial charge in [-0.3, -0.25) is 14.5 Å². The monoisotopic (exact) mass is 441 g/mol. The molecule has 5 rings (SSSR count). The molecule has 0 fully saturated rings. The molecule has 164 valence electrons. The van der Waals surface area contributed by atoms with Gasteiger partial charge in [0.15, 0.2) is 11.5 Å². The molecule has 2 aliphatic rings. The van der Waals surface area contributed by atoms with Crippen molar-refractivity contribution in [2.24, 2.45) is 0 Å². The Labute approximate surface area is 189 Å². The molecule has 0 saturated carbocycles. The molecule has 0 aromatic heterocycles. The normalized spacial score (nSPS) is 15.5. The highest BCUT2D eigenvalue weighted by Crippen LogP contribution is 2.35. The fourth-order valence-corrected chi connectivity index (χ4v) is 3.91. The van der Waals surface area contributed by atoms with Crippen LogP contribution in [-0.2, 0) is 16.1 Å². The quantitative estimate of drug-likeness (QED) is 0.347. The maximum absolute atomic E-state index is 13.5. The van der Waals surface area contributed by atoms with Crippen LogP contribution in [-0.4, -0.2) is 36.6 Å². The van der Waals surface area contributed by atoms with Gasteiger partial charge in [-0.15, -0.1) is 0 Å². The molecule has 3 aromatic rings. The lowest BCUT2D eigenvalue weighted by Crippen LogP contribution is -2.41. The molecule has 3 aromatic carbocycles. The van der Waals surface area contributed by atoms with E-state index in [2.05, 4.69) is 0 Å². The molecule has 7 nitrogen and oxygen atoms in total. The summed E-state index contributed by atoms with van der Waals surface area (Å²) in [6.45, 7) is 0.247. The van der Waals surface area contributed by atoms with Gasteiger partial charge in [0.25, 0.3) is 11.8 Å². The standard InChI is InChI=1S/C26H19NO6/c1-31-26(30)18-9-6-16(7-10-18)12-21-19-4-2-3-5-20(19)24(28)27(25(21)29)14-17-8-11-22-23(13-17)33-15-32-22/h2-13H,14-15H2,1H3. The predicted octanol–water partition coefficient (Wildman–Crippen LogP) is 3.93. The minimum absolute atomic E-state index is 0.0985. The summed E-state index contributed by atoms with van der Waals surface area (Å²) in [6.07, 6.45) is 1.72. The number of methoxy groups -OCH3 is 1. The van der Waals surface area contributed by atoms with Crippen molar-refractivity contribution in [2.75, 3.05) is 13.9 Å². The first kappa shape index (κ1) is 20.5. The lowest BCUT2D eigenvalue weighted by molar-refractivity contribution is -0.123. The van der Waals surface area contributed by atoms with E-state index >= 15 is 0 Å². The number of amides is 2. The number of hydrogen-bond acceptors (Lipinski definition) is 6. The Hall–Kier alpha value is -4.39. The van der Waals surface area contributed by atoms with Gasteiger partial charge in [-0.05, 0) is 53.1 Å². The van der Waals surface area contributed by atoms with Crippen molar-refractivity contribution in [1.29, 1.82) is 0 Å². The molecule has 0 radical (unpaired) electrons. The Morgan fingerprint density at radius 2 is 1.67 bits per heavy atom. The number of esters is 1. The Kier molecular flexibility index (Phi) is 5.14. The number of nitrogens with zero attached hydrogens (tertiary/aromatic N) is 1. The maximum Gasteiger partial charge on any atom is 0.337 e. The lowest BCUT2D eigenvalue weighted by Gasteiger charge is -2.29. The van der Waals surface area contributed by atoms with Crippen molar-refractivity contribution in [3.05, 3.63) is 94.5 Å². The fourth-order valence-electron chi connectivity index (χ4n) is 3.91. The number of rotatable bonds is 4. The van der Waals surface area contributed by atoms with Crippen molar-refractivity contribution < 1.29 is 28.6 Å². The average Bonchev–Trinajstić information content (AvgIpc) is 3.32. The smallest absolute Gasteiger partial charge is 0.337 e. The largest absolute Gasteiger partial charge is 0.465 e. The average molecular weight is 441 g/mol. The van der Waals surface area contributed by atoms with Crippen molar-refractivity contribution in [1.82, 2.24) is 4.90 Å². The van der Waals surface area contributed by atoms with Crippen LogP contribution in [0.15, 0.2) is 66.7 Å². The number of carbonyl (C=O) groups is 3. The van der Waals surface area contributed by atoms with Gasteiger partial charge in [0, 0.05) is 11.1 Å². The van der Waals surface area contributed by atoms with Crippen LogP contribution in [0, 0.1) is 0 Å². The van der Waals surface area contributed by atoms with E-state index in [1.54, 1.807) is 66.7 Å². The lowest BCUT2D eigenvalue weighted by atomic mass is 9.91. The third kappa shape index (κ3) is 3.74. The summed E-state index contributed by atoms with van der Waals surface area (Å²) in [6, 6.07) is 19.1. The Balaban J connectivity index is 1.51. The molecule has 0 unspecified atom stereocenters. The van der Waals surface area contributed by atoms with Crippen molar-refractivity contribution in [3.63, 3.8) is 0 Å². The summed E-state index contributed by atoms with van der Waals surface area (Å²) in [7, 11) is 1.32. The molecule has 0 atom stereocenters. The van der Waals surface area contributed by atoms with Crippen molar-refractivity contribution in [2.45, 2.75) is 6.54 Å². The molecule has 7 heteroatoms. The zero-order chi connectivity index (χ0) is 22.9. The van der Waals surface area contributed by atoms with Gasteiger partial charge in [0.05, 0.1) is 19.2 Å². The Morgan fingerprint density at radius 3 is 2.42 bits per heavy atom. The molecule has 0 saturated heterocycles. The number of hydrogen-bond donors (Lipinski definition) is 0. The van der Waals surface area contributed by atoms with Crippen molar-refractivity contribution in [3.8, 4) is 11.5 Å². The molecular formula is C26H19NO6. The van der Waals surface area contributed by atoms with E-state index in [4.69, 9.17) is 14.2 Å². The van der Waals surface area contributed by atoms with Gasteiger partial charge in [-0.1, -0.05) is 36.4 Å². The van der Waals surface area contributed by atoms with Crippen LogP contribution in [0.25, 0.3) is 11.6 Å². The second-order valence-corrected chi connectivity index (χ2v) is 7.60. The van der Waals surface area contributed by atoms with Gasteiger partial charge in [-0.25, -0.2) is 4.79 Å². The van der Waals surface area contributed by atoms with Crippen LogP contribution in [0.4, 0.5) is 0 Å². The van der Waals surface area contributed by atoms with E-state index in [-0.39, 0.29) is 19.2 Å². The van der Waals surface area contributed by atoms with E-state index in [0.29, 0.717) is 33.8 Å². The highest BCUT2D eigenvalue weighted by Gasteiger charge is 2.34. The van der Waals surface area contributed by atoms with Gasteiger partial charge in [0.2, 0.25) is 6.79 Å². The van der Waals surface area contributed by atoms with E-state index in [1.165, 1.54) is 12.0 Å².